The summed E-state index contributed by atoms with van der Waals surface area (Å²) in [6, 6.07) is 9.14. The van der Waals surface area contributed by atoms with Crippen molar-refractivity contribution < 1.29 is 14.1 Å². The van der Waals surface area contributed by atoms with E-state index in [2.05, 4.69) is 5.16 Å². The van der Waals surface area contributed by atoms with Gasteiger partial charge >= 0.3 is 0 Å². The lowest BCUT2D eigenvalue weighted by atomic mass is 10.1. The number of benzene rings is 1. The molecule has 1 aliphatic heterocycles. The molecule has 2 aromatic rings. The molecule has 2 heterocycles. The molecule has 3 rings (SSSR count). The van der Waals surface area contributed by atoms with E-state index in [1.165, 1.54) is 0 Å². The molecule has 0 unspecified atom stereocenters. The average molecular weight is 355 g/mol. The zero-order valence-electron chi connectivity index (χ0n) is 12.4. The molecule has 1 aromatic heterocycles. The van der Waals surface area contributed by atoms with Crippen molar-refractivity contribution in [1.82, 2.24) is 10.1 Å². The molecule has 23 heavy (non-hydrogen) atoms. The van der Waals surface area contributed by atoms with E-state index < -0.39 is 0 Å². The zero-order chi connectivity index (χ0) is 16.2. The van der Waals surface area contributed by atoms with Crippen molar-refractivity contribution in [2.75, 3.05) is 19.7 Å². The third kappa shape index (κ3) is 4.25. The molecule has 0 bridgehead atoms. The third-order valence-corrected chi connectivity index (χ3v) is 4.21. The van der Waals surface area contributed by atoms with Gasteiger partial charge in [-0.3, -0.25) is 4.79 Å². The molecule has 1 saturated heterocycles. The van der Waals surface area contributed by atoms with Crippen LogP contribution in [0.4, 0.5) is 0 Å². The first-order valence-corrected chi connectivity index (χ1v) is 8.13. The lowest BCUT2D eigenvalue weighted by Gasteiger charge is -2.33. The number of rotatable bonds is 4. The van der Waals surface area contributed by atoms with Crippen LogP contribution in [0.5, 0.6) is 0 Å². The second kappa shape index (κ2) is 7.34. The molecular weight excluding hydrogens is 339 g/mol. The number of ether oxygens (including phenoxy) is 1. The van der Waals surface area contributed by atoms with E-state index in [1.54, 1.807) is 6.07 Å². The number of hydrogen-bond acceptors (Lipinski definition) is 4. The number of morpholine rings is 1. The van der Waals surface area contributed by atoms with Crippen molar-refractivity contribution in [3.05, 3.63) is 51.8 Å². The van der Waals surface area contributed by atoms with Crippen LogP contribution in [0.3, 0.4) is 0 Å². The highest BCUT2D eigenvalue weighted by Crippen LogP contribution is 2.24. The number of halogens is 2. The molecule has 1 fully saturated rings. The molecule has 122 valence electrons. The molecule has 1 aromatic carbocycles. The summed E-state index contributed by atoms with van der Waals surface area (Å²) in [6.07, 6.45) is 0.727. The highest BCUT2D eigenvalue weighted by Gasteiger charge is 2.25. The van der Waals surface area contributed by atoms with E-state index in [0.29, 0.717) is 48.5 Å². The minimum atomic E-state index is -0.121. The first-order chi connectivity index (χ1) is 11.1. The highest BCUT2D eigenvalue weighted by atomic mass is 35.5. The third-order valence-electron chi connectivity index (χ3n) is 3.78. The van der Waals surface area contributed by atoms with E-state index >= 15 is 0 Å². The van der Waals surface area contributed by atoms with Crippen molar-refractivity contribution in [3.63, 3.8) is 0 Å². The fourth-order valence-electron chi connectivity index (χ4n) is 2.55. The predicted octanol–water partition coefficient (Wildman–Crippen LogP) is 3.51. The molecule has 1 atom stereocenters. The van der Waals surface area contributed by atoms with Gasteiger partial charge in [0.1, 0.15) is 11.9 Å². The molecule has 0 aliphatic carbocycles. The van der Waals surface area contributed by atoms with Crippen molar-refractivity contribution in [2.45, 2.75) is 18.9 Å². The molecule has 1 aliphatic rings. The zero-order valence-corrected chi connectivity index (χ0v) is 13.9. The number of aromatic nitrogens is 1. The molecule has 0 saturated carbocycles. The molecule has 0 radical (unpaired) electrons. The number of amides is 1. The summed E-state index contributed by atoms with van der Waals surface area (Å²) < 4.78 is 10.8. The van der Waals surface area contributed by atoms with Crippen molar-refractivity contribution in [1.29, 1.82) is 0 Å². The van der Waals surface area contributed by atoms with Crippen LogP contribution in [0, 0.1) is 0 Å². The van der Waals surface area contributed by atoms with Crippen LogP contribution in [-0.2, 0) is 16.0 Å². The lowest BCUT2D eigenvalue weighted by molar-refractivity contribution is -0.139. The lowest BCUT2D eigenvalue weighted by Crippen LogP contribution is -2.42. The maximum absolute atomic E-state index is 12.4. The molecule has 5 nitrogen and oxygen atoms in total. The Bertz CT molecular complexity index is 672. The van der Waals surface area contributed by atoms with Gasteiger partial charge in [-0.25, -0.2) is 0 Å². The van der Waals surface area contributed by atoms with Crippen LogP contribution in [0.15, 0.2) is 34.9 Å². The van der Waals surface area contributed by atoms with Gasteiger partial charge in [-0.1, -0.05) is 40.5 Å². The smallest absolute Gasteiger partial charge is 0.223 e. The first kappa shape index (κ1) is 16.3. The van der Waals surface area contributed by atoms with Gasteiger partial charge in [-0.15, -0.1) is 0 Å². The van der Waals surface area contributed by atoms with Gasteiger partial charge in [0.2, 0.25) is 5.91 Å². The molecular formula is C16H16Cl2N2O3. The van der Waals surface area contributed by atoms with Gasteiger partial charge in [-0.2, -0.15) is 0 Å². The average Bonchev–Trinajstić information content (AvgIpc) is 2.99. The van der Waals surface area contributed by atoms with E-state index in [-0.39, 0.29) is 12.0 Å². The van der Waals surface area contributed by atoms with Gasteiger partial charge in [0.05, 0.1) is 13.2 Å². The van der Waals surface area contributed by atoms with Crippen LogP contribution >= 0.6 is 23.2 Å². The Hall–Kier alpha value is -1.56. The molecule has 7 heteroatoms. The monoisotopic (exact) mass is 354 g/mol. The maximum Gasteiger partial charge on any atom is 0.223 e. The Balaban J connectivity index is 1.57. The second-order valence-corrected chi connectivity index (χ2v) is 6.19. The summed E-state index contributed by atoms with van der Waals surface area (Å²) in [6.45, 7) is 1.66. The van der Waals surface area contributed by atoms with Crippen LogP contribution < -0.4 is 0 Å². The van der Waals surface area contributed by atoms with Crippen LogP contribution in [-0.4, -0.2) is 35.7 Å². The van der Waals surface area contributed by atoms with E-state index in [0.717, 1.165) is 5.56 Å². The highest BCUT2D eigenvalue weighted by molar-refractivity contribution is 6.30. The van der Waals surface area contributed by atoms with Crippen molar-refractivity contribution >= 4 is 29.1 Å². The Morgan fingerprint density at radius 1 is 1.30 bits per heavy atom. The number of hydrogen-bond donors (Lipinski definition) is 0. The molecule has 1 amide bonds. The second-order valence-electron chi connectivity index (χ2n) is 5.37. The predicted molar refractivity (Wildman–Crippen MR) is 86.6 cm³/mol. The number of aryl methyl sites for hydroxylation is 1. The van der Waals surface area contributed by atoms with Gasteiger partial charge in [0.25, 0.3) is 0 Å². The Morgan fingerprint density at radius 2 is 2.09 bits per heavy atom. The van der Waals surface area contributed by atoms with E-state index in [4.69, 9.17) is 32.5 Å². The van der Waals surface area contributed by atoms with Crippen LogP contribution in [0.2, 0.25) is 10.2 Å². The normalized spacial score (nSPS) is 18.2. The number of nitrogens with zero attached hydrogens (tertiary/aromatic N) is 2. The van der Waals surface area contributed by atoms with Crippen molar-refractivity contribution in [3.8, 4) is 0 Å². The molecule has 0 spiro atoms. The summed E-state index contributed by atoms with van der Waals surface area (Å²) in [5, 5.41) is 4.59. The standard InChI is InChI=1S/C16H16Cl2N2O3/c17-12-3-1-11(2-4-12)14-10-20(7-8-22-14)16(21)6-5-13-9-15(18)19-23-13/h1-4,9,14H,5-8,10H2/t14-/m0/s1. The van der Waals surface area contributed by atoms with Gasteiger partial charge < -0.3 is 14.2 Å². The largest absolute Gasteiger partial charge is 0.370 e. The van der Waals surface area contributed by atoms with Crippen LogP contribution in [0.1, 0.15) is 23.8 Å². The Labute approximate surface area is 144 Å². The minimum absolute atomic E-state index is 0.0692. The SMILES string of the molecule is O=C(CCc1cc(Cl)no1)N1CCO[C@H](c2ccc(Cl)cc2)C1. The summed E-state index contributed by atoms with van der Waals surface area (Å²) in [5.41, 5.74) is 1.02. The van der Waals surface area contributed by atoms with Gasteiger partial charge in [0, 0.05) is 30.5 Å². The summed E-state index contributed by atoms with van der Waals surface area (Å²) in [5.74, 6) is 0.686. The fourth-order valence-corrected chi connectivity index (χ4v) is 2.83. The molecule has 0 N–H and O–H groups in total. The summed E-state index contributed by atoms with van der Waals surface area (Å²) in [7, 11) is 0. The summed E-state index contributed by atoms with van der Waals surface area (Å²) in [4.78, 5) is 14.2. The Kier molecular flexibility index (Phi) is 5.20. The number of carbonyl (C=O) groups excluding carboxylic acids is 1. The van der Waals surface area contributed by atoms with Gasteiger partial charge in [-0.05, 0) is 17.7 Å². The minimum Gasteiger partial charge on any atom is -0.370 e. The Morgan fingerprint density at radius 3 is 2.78 bits per heavy atom. The first-order valence-electron chi connectivity index (χ1n) is 7.38. The maximum atomic E-state index is 12.4. The van der Waals surface area contributed by atoms with Crippen molar-refractivity contribution in [2.24, 2.45) is 0 Å². The number of carbonyl (C=O) groups is 1. The van der Waals surface area contributed by atoms with Gasteiger partial charge in [0.15, 0.2) is 5.15 Å². The van der Waals surface area contributed by atoms with Crippen LogP contribution in [0.25, 0.3) is 0 Å². The summed E-state index contributed by atoms with van der Waals surface area (Å²) >= 11 is 11.6. The fraction of sp³-hybridized carbons (Fsp3) is 0.375. The topological polar surface area (TPSA) is 55.6 Å². The van der Waals surface area contributed by atoms with E-state index in [9.17, 15) is 4.79 Å². The van der Waals surface area contributed by atoms with E-state index in [1.807, 2.05) is 29.2 Å². The quantitative estimate of drug-likeness (QED) is 0.842.